The Labute approximate surface area is 200 Å². The molecule has 6 nitrogen and oxygen atoms in total. The van der Waals surface area contributed by atoms with Gasteiger partial charge < -0.3 is 10.1 Å². The van der Waals surface area contributed by atoms with Crippen molar-refractivity contribution < 1.29 is 17.9 Å². The fourth-order valence-electron chi connectivity index (χ4n) is 3.24. The molecule has 1 N–H and O–H groups in total. The van der Waals surface area contributed by atoms with Crippen LogP contribution >= 0.6 is 11.6 Å². The van der Waals surface area contributed by atoms with E-state index >= 15 is 0 Å². The lowest BCUT2D eigenvalue weighted by atomic mass is 10.1. The Hall–Kier alpha value is -3.03. The summed E-state index contributed by atoms with van der Waals surface area (Å²) < 4.78 is 31.8. The summed E-state index contributed by atoms with van der Waals surface area (Å²) in [7, 11) is -3.53. The summed E-state index contributed by atoms with van der Waals surface area (Å²) in [6.45, 7) is 4.87. The van der Waals surface area contributed by atoms with E-state index < -0.39 is 10.0 Å². The Morgan fingerprint density at radius 1 is 1.00 bits per heavy atom. The lowest BCUT2D eigenvalue weighted by molar-refractivity contribution is 0.0947. The molecular weight excluding hydrogens is 460 g/mol. The number of hydrogen-bond acceptors (Lipinski definition) is 4. The largest absolute Gasteiger partial charge is 0.491 e. The van der Waals surface area contributed by atoms with Gasteiger partial charge in [-0.05, 0) is 73.0 Å². The van der Waals surface area contributed by atoms with Crippen molar-refractivity contribution in [2.45, 2.75) is 20.4 Å². The van der Waals surface area contributed by atoms with Gasteiger partial charge in [0.1, 0.15) is 12.4 Å². The SMILES string of the molecule is Cc1cccc(OCCNC(=O)c2ccc(N(Cc3ccc(Cl)cc3)S(C)(=O)=O)cc2)c1C. The van der Waals surface area contributed by atoms with Gasteiger partial charge in [-0.3, -0.25) is 9.10 Å². The molecule has 0 aliphatic carbocycles. The third-order valence-electron chi connectivity index (χ3n) is 5.26. The minimum atomic E-state index is -3.53. The normalized spacial score (nSPS) is 11.2. The molecule has 1 amide bonds. The predicted octanol–water partition coefficient (Wildman–Crippen LogP) is 4.73. The summed E-state index contributed by atoms with van der Waals surface area (Å²) in [5.74, 6) is 0.546. The highest BCUT2D eigenvalue weighted by atomic mass is 35.5. The number of halogens is 1. The van der Waals surface area contributed by atoms with Crippen LogP contribution in [0.3, 0.4) is 0 Å². The maximum absolute atomic E-state index is 12.5. The smallest absolute Gasteiger partial charge is 0.251 e. The van der Waals surface area contributed by atoms with E-state index in [2.05, 4.69) is 5.32 Å². The van der Waals surface area contributed by atoms with Gasteiger partial charge in [0.2, 0.25) is 10.0 Å². The third kappa shape index (κ3) is 6.73. The van der Waals surface area contributed by atoms with Crippen LogP contribution in [0.2, 0.25) is 5.02 Å². The van der Waals surface area contributed by atoms with Crippen molar-refractivity contribution >= 4 is 33.2 Å². The van der Waals surface area contributed by atoms with Crippen LogP contribution in [-0.4, -0.2) is 33.7 Å². The van der Waals surface area contributed by atoms with Crippen molar-refractivity contribution in [1.29, 1.82) is 0 Å². The number of hydrogen-bond donors (Lipinski definition) is 1. The van der Waals surface area contributed by atoms with Crippen LogP contribution in [0.4, 0.5) is 5.69 Å². The van der Waals surface area contributed by atoms with E-state index in [1.807, 2.05) is 32.0 Å². The second-order valence-electron chi connectivity index (χ2n) is 7.75. The number of carbonyl (C=O) groups excluding carboxylic acids is 1. The van der Waals surface area contributed by atoms with Crippen molar-refractivity contribution in [3.05, 3.63) is 94.0 Å². The molecule has 0 radical (unpaired) electrons. The first kappa shape index (κ1) is 24.6. The quantitative estimate of drug-likeness (QED) is 0.443. The minimum Gasteiger partial charge on any atom is -0.491 e. The molecule has 0 aromatic heterocycles. The van der Waals surface area contributed by atoms with Gasteiger partial charge in [-0.1, -0.05) is 35.9 Å². The Balaban J connectivity index is 1.60. The Bertz CT molecular complexity index is 1210. The van der Waals surface area contributed by atoms with Crippen LogP contribution in [0.15, 0.2) is 66.7 Å². The van der Waals surface area contributed by atoms with Gasteiger partial charge in [0.15, 0.2) is 0 Å². The zero-order valence-corrected chi connectivity index (χ0v) is 20.4. The molecule has 174 valence electrons. The number of nitrogens with zero attached hydrogens (tertiary/aromatic N) is 1. The molecule has 0 bridgehead atoms. The van der Waals surface area contributed by atoms with E-state index in [0.717, 1.165) is 28.7 Å². The Morgan fingerprint density at radius 3 is 2.30 bits per heavy atom. The number of aryl methyl sites for hydroxylation is 1. The Morgan fingerprint density at radius 2 is 1.67 bits per heavy atom. The molecule has 0 spiro atoms. The number of nitrogens with one attached hydrogen (secondary N) is 1. The van der Waals surface area contributed by atoms with E-state index in [-0.39, 0.29) is 12.5 Å². The van der Waals surface area contributed by atoms with Crippen LogP contribution in [0.1, 0.15) is 27.0 Å². The molecule has 0 fully saturated rings. The number of sulfonamides is 1. The molecule has 0 aliphatic heterocycles. The Kier molecular flexibility index (Phi) is 8.00. The minimum absolute atomic E-state index is 0.164. The molecule has 33 heavy (non-hydrogen) atoms. The summed E-state index contributed by atoms with van der Waals surface area (Å²) >= 11 is 5.91. The number of carbonyl (C=O) groups is 1. The first-order valence-electron chi connectivity index (χ1n) is 10.4. The molecule has 0 unspecified atom stereocenters. The first-order valence-corrected chi connectivity index (χ1v) is 12.7. The van der Waals surface area contributed by atoms with Crippen LogP contribution in [0.5, 0.6) is 5.75 Å². The number of rotatable bonds is 9. The van der Waals surface area contributed by atoms with Gasteiger partial charge in [0.25, 0.3) is 5.91 Å². The molecule has 0 aliphatic rings. The fourth-order valence-corrected chi connectivity index (χ4v) is 4.26. The fraction of sp³-hybridized carbons (Fsp3) is 0.240. The van der Waals surface area contributed by atoms with Gasteiger partial charge >= 0.3 is 0 Å². The monoisotopic (exact) mass is 486 g/mol. The highest BCUT2D eigenvalue weighted by Gasteiger charge is 2.18. The van der Waals surface area contributed by atoms with Gasteiger partial charge in [-0.2, -0.15) is 0 Å². The van der Waals surface area contributed by atoms with Crippen LogP contribution in [-0.2, 0) is 16.6 Å². The highest BCUT2D eigenvalue weighted by Crippen LogP contribution is 2.22. The van der Waals surface area contributed by atoms with Gasteiger partial charge in [0, 0.05) is 10.6 Å². The second-order valence-corrected chi connectivity index (χ2v) is 10.1. The van der Waals surface area contributed by atoms with Crippen LogP contribution < -0.4 is 14.4 Å². The highest BCUT2D eigenvalue weighted by molar-refractivity contribution is 7.92. The average Bonchev–Trinajstić information content (AvgIpc) is 2.78. The molecule has 0 saturated carbocycles. The second kappa shape index (κ2) is 10.7. The molecule has 0 atom stereocenters. The van der Waals surface area contributed by atoms with Crippen molar-refractivity contribution in [1.82, 2.24) is 5.32 Å². The summed E-state index contributed by atoms with van der Waals surface area (Å²) in [6, 6.07) is 19.3. The van der Waals surface area contributed by atoms with Gasteiger partial charge in [-0.15, -0.1) is 0 Å². The topological polar surface area (TPSA) is 75.7 Å². The molecule has 3 aromatic carbocycles. The predicted molar refractivity (Wildman–Crippen MR) is 133 cm³/mol. The van der Waals surface area contributed by atoms with Gasteiger partial charge in [-0.25, -0.2) is 8.42 Å². The number of amides is 1. The molecule has 0 saturated heterocycles. The van der Waals surface area contributed by atoms with E-state index in [1.54, 1.807) is 48.5 Å². The summed E-state index contributed by atoms with van der Waals surface area (Å²) in [6.07, 6.45) is 1.15. The molecular formula is C25H27ClN2O4S. The van der Waals surface area contributed by atoms with Gasteiger partial charge in [0.05, 0.1) is 25.0 Å². The third-order valence-corrected chi connectivity index (χ3v) is 6.65. The number of anilines is 1. The standard InChI is InChI=1S/C25H27ClN2O4S/c1-18-5-4-6-24(19(18)2)32-16-15-27-25(29)21-9-13-23(14-10-21)28(33(3,30)31)17-20-7-11-22(26)12-8-20/h4-14H,15-17H2,1-3H3,(H,27,29). The molecule has 3 aromatic rings. The molecule has 8 heteroatoms. The van der Waals surface area contributed by atoms with Crippen molar-refractivity contribution in [2.24, 2.45) is 0 Å². The molecule has 3 rings (SSSR count). The number of benzene rings is 3. The van der Waals surface area contributed by atoms with Crippen LogP contribution in [0, 0.1) is 13.8 Å². The average molecular weight is 487 g/mol. The van der Waals surface area contributed by atoms with E-state index in [4.69, 9.17) is 16.3 Å². The summed E-state index contributed by atoms with van der Waals surface area (Å²) in [4.78, 5) is 12.5. The lowest BCUT2D eigenvalue weighted by Crippen LogP contribution is -2.30. The van der Waals surface area contributed by atoms with E-state index in [9.17, 15) is 13.2 Å². The maximum Gasteiger partial charge on any atom is 0.251 e. The molecule has 0 heterocycles. The number of ether oxygens (including phenoxy) is 1. The summed E-state index contributed by atoms with van der Waals surface area (Å²) in [5.41, 5.74) is 3.94. The van der Waals surface area contributed by atoms with E-state index in [1.165, 1.54) is 4.31 Å². The first-order chi connectivity index (χ1) is 15.6. The zero-order valence-electron chi connectivity index (χ0n) is 18.8. The van der Waals surface area contributed by atoms with Crippen molar-refractivity contribution in [2.75, 3.05) is 23.7 Å². The maximum atomic E-state index is 12.5. The lowest BCUT2D eigenvalue weighted by Gasteiger charge is -2.23. The van der Waals surface area contributed by atoms with Crippen molar-refractivity contribution in [3.8, 4) is 5.75 Å². The van der Waals surface area contributed by atoms with Crippen molar-refractivity contribution in [3.63, 3.8) is 0 Å². The van der Waals surface area contributed by atoms with Crippen LogP contribution in [0.25, 0.3) is 0 Å². The zero-order chi connectivity index (χ0) is 24.0. The summed E-state index contributed by atoms with van der Waals surface area (Å²) in [5, 5.41) is 3.40. The van der Waals surface area contributed by atoms with E-state index in [0.29, 0.717) is 29.4 Å².